The summed E-state index contributed by atoms with van der Waals surface area (Å²) in [5, 5.41) is 2.06. The summed E-state index contributed by atoms with van der Waals surface area (Å²) in [6, 6.07) is 0. The van der Waals surface area contributed by atoms with Gasteiger partial charge in [-0.05, 0) is 6.92 Å². The molecular weight excluding hydrogens is 146 g/mol. The van der Waals surface area contributed by atoms with Crippen LogP contribution in [0.5, 0.6) is 0 Å². The van der Waals surface area contributed by atoms with Gasteiger partial charge < -0.3 is 14.8 Å². The maximum atomic E-state index is 11.0. The van der Waals surface area contributed by atoms with E-state index in [4.69, 9.17) is 9.47 Å². The third-order valence-corrected chi connectivity index (χ3v) is 1.57. The minimum absolute atomic E-state index is 0.233. The van der Waals surface area contributed by atoms with Crippen molar-refractivity contribution >= 4 is 5.97 Å². The Labute approximate surface area is 65.9 Å². The average Bonchev–Trinajstić information content (AvgIpc) is 2.07. The Morgan fingerprint density at radius 1 is 1.82 bits per heavy atom. The highest BCUT2D eigenvalue weighted by atomic mass is 16.6. The summed E-state index contributed by atoms with van der Waals surface area (Å²) in [6.07, 6.45) is -0.344. The van der Waals surface area contributed by atoms with Crippen LogP contribution in [0.4, 0.5) is 0 Å². The summed E-state index contributed by atoms with van der Waals surface area (Å²) in [5.41, 5.74) is 0. The Kier molecular flexibility index (Phi) is 3.32. The molecule has 4 heteroatoms. The van der Waals surface area contributed by atoms with Crippen LogP contribution in [0, 0.1) is 0 Å². The number of rotatable bonds is 2. The van der Waals surface area contributed by atoms with Crippen molar-refractivity contribution in [2.75, 3.05) is 26.3 Å². The number of morpholine rings is 1. The largest absolute Gasteiger partial charge is 0.464 e. The third kappa shape index (κ3) is 2.48. The van der Waals surface area contributed by atoms with Crippen LogP contribution in [0.25, 0.3) is 0 Å². The molecule has 0 spiro atoms. The van der Waals surface area contributed by atoms with E-state index in [9.17, 15) is 4.79 Å². The molecule has 4 nitrogen and oxygen atoms in total. The highest BCUT2D eigenvalue weighted by Gasteiger charge is 2.25. The Hall–Kier alpha value is -0.610. The standard InChI is InChI=1S/C7H13NO3/c1-2-10-7(9)6-5-8-3-4-11-6/h6,8H,2-5H2,1H3/p+1. The fourth-order valence-corrected chi connectivity index (χ4v) is 1.03. The van der Waals surface area contributed by atoms with Crippen molar-refractivity contribution in [3.8, 4) is 0 Å². The first-order chi connectivity index (χ1) is 5.34. The molecule has 1 aliphatic rings. The SMILES string of the molecule is CCOC(=O)C1C[NH2+]CCO1. The summed E-state index contributed by atoms with van der Waals surface area (Å²) >= 11 is 0. The number of nitrogens with two attached hydrogens (primary N) is 1. The van der Waals surface area contributed by atoms with Crippen molar-refractivity contribution in [2.24, 2.45) is 0 Å². The molecule has 1 rings (SSSR count). The first-order valence-electron chi connectivity index (χ1n) is 3.94. The molecule has 0 radical (unpaired) electrons. The van der Waals surface area contributed by atoms with E-state index >= 15 is 0 Å². The Bertz CT molecular complexity index is 132. The van der Waals surface area contributed by atoms with Gasteiger partial charge in [-0.3, -0.25) is 0 Å². The van der Waals surface area contributed by atoms with Gasteiger partial charge in [0.2, 0.25) is 6.10 Å². The molecule has 1 fully saturated rings. The number of hydrogen-bond acceptors (Lipinski definition) is 3. The van der Waals surface area contributed by atoms with Gasteiger partial charge in [0, 0.05) is 0 Å². The summed E-state index contributed by atoms with van der Waals surface area (Å²) in [5.74, 6) is -0.233. The second-order valence-electron chi connectivity index (χ2n) is 2.42. The lowest BCUT2D eigenvalue weighted by Gasteiger charge is -2.18. The van der Waals surface area contributed by atoms with Crippen molar-refractivity contribution in [3.63, 3.8) is 0 Å². The molecule has 1 saturated heterocycles. The first kappa shape index (κ1) is 8.49. The zero-order chi connectivity index (χ0) is 8.10. The predicted octanol–water partition coefficient (Wildman–Crippen LogP) is -1.49. The van der Waals surface area contributed by atoms with Crippen LogP contribution in [-0.4, -0.2) is 38.4 Å². The molecular formula is C7H14NO3+. The third-order valence-electron chi connectivity index (χ3n) is 1.57. The van der Waals surface area contributed by atoms with Crippen LogP contribution >= 0.6 is 0 Å². The molecule has 64 valence electrons. The van der Waals surface area contributed by atoms with Gasteiger partial charge in [-0.1, -0.05) is 0 Å². The van der Waals surface area contributed by atoms with Crippen LogP contribution < -0.4 is 5.32 Å². The lowest BCUT2D eigenvalue weighted by Crippen LogP contribution is -2.90. The lowest BCUT2D eigenvalue weighted by atomic mass is 10.3. The van der Waals surface area contributed by atoms with E-state index in [2.05, 4.69) is 5.32 Å². The fraction of sp³-hybridized carbons (Fsp3) is 0.857. The predicted molar refractivity (Wildman–Crippen MR) is 38.0 cm³/mol. The molecule has 0 aromatic rings. The van der Waals surface area contributed by atoms with E-state index in [-0.39, 0.29) is 12.1 Å². The Morgan fingerprint density at radius 3 is 3.18 bits per heavy atom. The fourth-order valence-electron chi connectivity index (χ4n) is 1.03. The zero-order valence-electron chi connectivity index (χ0n) is 6.71. The van der Waals surface area contributed by atoms with Gasteiger partial charge in [0.1, 0.15) is 6.54 Å². The van der Waals surface area contributed by atoms with Crippen molar-refractivity contribution in [2.45, 2.75) is 13.0 Å². The van der Waals surface area contributed by atoms with Gasteiger partial charge in [-0.15, -0.1) is 0 Å². The van der Waals surface area contributed by atoms with E-state index in [0.717, 1.165) is 6.54 Å². The number of carbonyl (C=O) groups is 1. The summed E-state index contributed by atoms with van der Waals surface area (Å²) < 4.78 is 9.98. The van der Waals surface area contributed by atoms with Crippen LogP contribution in [0.2, 0.25) is 0 Å². The van der Waals surface area contributed by atoms with E-state index in [0.29, 0.717) is 19.8 Å². The van der Waals surface area contributed by atoms with Gasteiger partial charge >= 0.3 is 5.97 Å². The summed E-state index contributed by atoms with van der Waals surface area (Å²) in [4.78, 5) is 11.0. The van der Waals surface area contributed by atoms with Gasteiger partial charge in [-0.25, -0.2) is 4.79 Å². The highest BCUT2D eigenvalue weighted by Crippen LogP contribution is 1.94. The molecule has 0 amide bonds. The maximum Gasteiger partial charge on any atom is 0.341 e. The maximum absolute atomic E-state index is 11.0. The second kappa shape index (κ2) is 4.31. The molecule has 2 N–H and O–H groups in total. The summed E-state index contributed by atoms with van der Waals surface area (Å²) in [6.45, 7) is 4.50. The van der Waals surface area contributed by atoms with Crippen molar-refractivity contribution < 1.29 is 19.6 Å². The highest BCUT2D eigenvalue weighted by molar-refractivity contribution is 5.74. The van der Waals surface area contributed by atoms with Gasteiger partial charge in [-0.2, -0.15) is 0 Å². The van der Waals surface area contributed by atoms with Crippen LogP contribution in [-0.2, 0) is 14.3 Å². The van der Waals surface area contributed by atoms with Crippen molar-refractivity contribution in [1.82, 2.24) is 0 Å². The first-order valence-corrected chi connectivity index (χ1v) is 3.94. The molecule has 1 atom stereocenters. The number of hydrogen-bond donors (Lipinski definition) is 1. The van der Waals surface area contributed by atoms with Crippen molar-refractivity contribution in [3.05, 3.63) is 0 Å². The molecule has 0 saturated carbocycles. The number of esters is 1. The van der Waals surface area contributed by atoms with Crippen LogP contribution in [0.15, 0.2) is 0 Å². The van der Waals surface area contributed by atoms with E-state index in [1.165, 1.54) is 0 Å². The molecule has 0 bridgehead atoms. The Balaban J connectivity index is 2.27. The van der Waals surface area contributed by atoms with Crippen molar-refractivity contribution in [1.29, 1.82) is 0 Å². The average molecular weight is 160 g/mol. The molecule has 1 aliphatic heterocycles. The van der Waals surface area contributed by atoms with E-state index in [1.54, 1.807) is 6.92 Å². The molecule has 11 heavy (non-hydrogen) atoms. The van der Waals surface area contributed by atoms with E-state index in [1.807, 2.05) is 0 Å². The normalized spacial score (nSPS) is 24.6. The minimum atomic E-state index is -0.344. The number of carbonyl (C=O) groups excluding carboxylic acids is 1. The number of quaternary nitrogens is 1. The molecule has 0 aromatic carbocycles. The number of ether oxygens (including phenoxy) is 2. The Morgan fingerprint density at radius 2 is 2.64 bits per heavy atom. The van der Waals surface area contributed by atoms with Gasteiger partial charge in [0.25, 0.3) is 0 Å². The van der Waals surface area contributed by atoms with E-state index < -0.39 is 0 Å². The molecule has 0 aliphatic carbocycles. The molecule has 1 unspecified atom stereocenters. The topological polar surface area (TPSA) is 52.1 Å². The van der Waals surface area contributed by atoms with Gasteiger partial charge in [0.15, 0.2) is 0 Å². The van der Waals surface area contributed by atoms with Crippen LogP contribution in [0.1, 0.15) is 6.92 Å². The zero-order valence-corrected chi connectivity index (χ0v) is 6.71. The molecule has 1 heterocycles. The van der Waals surface area contributed by atoms with Gasteiger partial charge in [0.05, 0.1) is 19.8 Å². The lowest BCUT2D eigenvalue weighted by molar-refractivity contribution is -0.674. The monoisotopic (exact) mass is 160 g/mol. The summed E-state index contributed by atoms with van der Waals surface area (Å²) in [7, 11) is 0. The molecule has 0 aromatic heterocycles. The smallest absolute Gasteiger partial charge is 0.341 e. The minimum Gasteiger partial charge on any atom is -0.464 e. The second-order valence-corrected chi connectivity index (χ2v) is 2.42. The quantitative estimate of drug-likeness (QED) is 0.501. The van der Waals surface area contributed by atoms with Crippen LogP contribution in [0.3, 0.4) is 0 Å².